The van der Waals surface area contributed by atoms with Gasteiger partial charge in [-0.3, -0.25) is 9.10 Å². The number of hydrogen-bond donors (Lipinski definition) is 1. The molecule has 1 fully saturated rings. The molecule has 26 heavy (non-hydrogen) atoms. The summed E-state index contributed by atoms with van der Waals surface area (Å²) in [5.41, 5.74) is 2.89. The Morgan fingerprint density at radius 2 is 1.81 bits per heavy atom. The van der Waals surface area contributed by atoms with Crippen LogP contribution in [0, 0.1) is 19.7 Å². The maximum Gasteiger partial charge on any atom is 0.255 e. The summed E-state index contributed by atoms with van der Waals surface area (Å²) < 4.78 is 39.5. The first kappa shape index (κ1) is 18.4. The van der Waals surface area contributed by atoms with Gasteiger partial charge in [0.15, 0.2) is 0 Å². The third kappa shape index (κ3) is 3.88. The normalized spacial score (nSPS) is 14.2. The summed E-state index contributed by atoms with van der Waals surface area (Å²) in [6.07, 6.45) is 2.60. The Hall–Kier alpha value is -2.41. The van der Waals surface area contributed by atoms with Gasteiger partial charge < -0.3 is 5.32 Å². The second-order valence-electron chi connectivity index (χ2n) is 6.70. The highest BCUT2D eigenvalue weighted by atomic mass is 32.2. The van der Waals surface area contributed by atoms with Crippen LogP contribution in [0.5, 0.6) is 0 Å². The molecule has 3 rings (SSSR count). The number of hydrogen-bond acceptors (Lipinski definition) is 3. The fourth-order valence-corrected chi connectivity index (χ4v) is 4.10. The number of nitrogens with one attached hydrogen (secondary N) is 1. The van der Waals surface area contributed by atoms with Crippen molar-refractivity contribution in [1.29, 1.82) is 0 Å². The van der Waals surface area contributed by atoms with Crippen LogP contribution in [0.2, 0.25) is 0 Å². The number of aryl methyl sites for hydroxylation is 2. The first-order valence-electron chi connectivity index (χ1n) is 8.34. The average Bonchev–Trinajstić information content (AvgIpc) is 3.35. The van der Waals surface area contributed by atoms with Gasteiger partial charge >= 0.3 is 0 Å². The summed E-state index contributed by atoms with van der Waals surface area (Å²) in [6.45, 7) is 3.85. The molecule has 1 amide bonds. The lowest BCUT2D eigenvalue weighted by atomic mass is 10.1. The molecular formula is C19H21FN2O3S. The lowest BCUT2D eigenvalue weighted by molar-refractivity contribution is 0.102. The smallest absolute Gasteiger partial charge is 0.255 e. The first-order chi connectivity index (χ1) is 12.2. The van der Waals surface area contributed by atoms with Crippen molar-refractivity contribution in [2.45, 2.75) is 32.7 Å². The van der Waals surface area contributed by atoms with Gasteiger partial charge in [-0.05, 0) is 68.1 Å². The van der Waals surface area contributed by atoms with Crippen molar-refractivity contribution in [2.24, 2.45) is 0 Å². The van der Waals surface area contributed by atoms with Crippen LogP contribution in [0.4, 0.5) is 15.8 Å². The Kier molecular flexibility index (Phi) is 4.75. The molecule has 1 saturated carbocycles. The highest BCUT2D eigenvalue weighted by Crippen LogP contribution is 2.38. The third-order valence-electron chi connectivity index (χ3n) is 4.45. The zero-order valence-corrected chi connectivity index (χ0v) is 15.7. The van der Waals surface area contributed by atoms with Crippen LogP contribution >= 0.6 is 0 Å². The Morgan fingerprint density at radius 1 is 1.12 bits per heavy atom. The highest BCUT2D eigenvalue weighted by Gasteiger charge is 2.36. The molecule has 2 aromatic rings. The van der Waals surface area contributed by atoms with Crippen molar-refractivity contribution < 1.29 is 17.6 Å². The second-order valence-corrected chi connectivity index (χ2v) is 8.56. The number of nitrogens with zero attached hydrogens (tertiary/aromatic N) is 1. The molecule has 0 unspecified atom stereocenters. The molecule has 0 heterocycles. The molecule has 0 aliphatic heterocycles. The molecule has 7 heteroatoms. The summed E-state index contributed by atoms with van der Waals surface area (Å²) in [7, 11) is -3.54. The first-order valence-corrected chi connectivity index (χ1v) is 10.2. The van der Waals surface area contributed by atoms with E-state index in [1.807, 2.05) is 19.9 Å². The predicted octanol–water partition coefficient (Wildman–Crippen LogP) is 3.62. The average molecular weight is 376 g/mol. The van der Waals surface area contributed by atoms with Gasteiger partial charge in [-0.1, -0.05) is 6.07 Å². The maximum atomic E-state index is 13.8. The molecule has 5 nitrogen and oxygen atoms in total. The molecule has 0 atom stereocenters. The van der Waals surface area contributed by atoms with Crippen LogP contribution in [0.15, 0.2) is 36.4 Å². The van der Waals surface area contributed by atoms with Gasteiger partial charge in [0.2, 0.25) is 10.0 Å². The lowest BCUT2D eigenvalue weighted by Gasteiger charge is -2.25. The van der Waals surface area contributed by atoms with E-state index in [2.05, 4.69) is 5.32 Å². The van der Waals surface area contributed by atoms with Crippen molar-refractivity contribution >= 4 is 27.3 Å². The summed E-state index contributed by atoms with van der Waals surface area (Å²) >= 11 is 0. The Morgan fingerprint density at radius 3 is 2.38 bits per heavy atom. The molecule has 0 bridgehead atoms. The van der Waals surface area contributed by atoms with E-state index in [-0.39, 0.29) is 17.4 Å². The van der Waals surface area contributed by atoms with E-state index in [1.165, 1.54) is 16.4 Å². The summed E-state index contributed by atoms with van der Waals surface area (Å²) in [5, 5.41) is 2.66. The number of rotatable bonds is 5. The minimum Gasteiger partial charge on any atom is -0.320 e. The van der Waals surface area contributed by atoms with E-state index >= 15 is 0 Å². The van der Waals surface area contributed by atoms with Gasteiger partial charge in [0.25, 0.3) is 5.91 Å². The minimum atomic E-state index is -3.54. The molecule has 2 aromatic carbocycles. The molecule has 0 saturated heterocycles. The quantitative estimate of drug-likeness (QED) is 0.867. The molecule has 0 radical (unpaired) electrons. The molecule has 0 spiro atoms. The molecular weight excluding hydrogens is 355 g/mol. The van der Waals surface area contributed by atoms with Crippen LogP contribution in [-0.2, 0) is 10.0 Å². The molecule has 1 aliphatic carbocycles. The van der Waals surface area contributed by atoms with Crippen molar-refractivity contribution in [1.82, 2.24) is 0 Å². The van der Waals surface area contributed by atoms with Gasteiger partial charge in [0.1, 0.15) is 5.82 Å². The van der Waals surface area contributed by atoms with Gasteiger partial charge in [-0.2, -0.15) is 0 Å². The fourth-order valence-electron chi connectivity index (χ4n) is 2.83. The van der Waals surface area contributed by atoms with Gasteiger partial charge in [-0.15, -0.1) is 0 Å². The van der Waals surface area contributed by atoms with Crippen LogP contribution < -0.4 is 9.62 Å². The second kappa shape index (κ2) is 6.72. The monoisotopic (exact) mass is 376 g/mol. The van der Waals surface area contributed by atoms with Crippen molar-refractivity contribution in [3.63, 3.8) is 0 Å². The van der Waals surface area contributed by atoms with Crippen LogP contribution in [-0.4, -0.2) is 26.6 Å². The summed E-state index contributed by atoms with van der Waals surface area (Å²) in [4.78, 5) is 12.6. The van der Waals surface area contributed by atoms with E-state index < -0.39 is 21.7 Å². The zero-order chi connectivity index (χ0) is 19.1. The topological polar surface area (TPSA) is 66.5 Å². The Bertz CT molecular complexity index is 969. The molecule has 1 N–H and O–H groups in total. The minimum absolute atomic E-state index is 0.144. The van der Waals surface area contributed by atoms with Crippen LogP contribution in [0.1, 0.15) is 34.3 Å². The van der Waals surface area contributed by atoms with E-state index in [4.69, 9.17) is 0 Å². The van der Waals surface area contributed by atoms with E-state index in [0.717, 1.165) is 36.3 Å². The van der Waals surface area contributed by atoms with Crippen LogP contribution in [0.3, 0.4) is 0 Å². The largest absolute Gasteiger partial charge is 0.320 e. The van der Waals surface area contributed by atoms with Crippen molar-refractivity contribution in [3.05, 3.63) is 58.9 Å². The van der Waals surface area contributed by atoms with Crippen molar-refractivity contribution in [3.8, 4) is 0 Å². The molecule has 138 valence electrons. The zero-order valence-electron chi connectivity index (χ0n) is 14.9. The Labute approximate surface area is 152 Å². The van der Waals surface area contributed by atoms with Gasteiger partial charge in [0, 0.05) is 11.6 Å². The molecule has 1 aliphatic rings. The summed E-state index contributed by atoms with van der Waals surface area (Å²) in [6, 6.07) is 8.86. The number of sulfonamides is 1. The molecule has 0 aromatic heterocycles. The van der Waals surface area contributed by atoms with Crippen molar-refractivity contribution in [2.75, 3.05) is 15.9 Å². The van der Waals surface area contributed by atoms with Gasteiger partial charge in [-0.25, -0.2) is 12.8 Å². The summed E-state index contributed by atoms with van der Waals surface area (Å²) in [5.74, 6) is -0.961. The number of benzene rings is 2. The number of carbonyl (C=O) groups excluding carboxylic acids is 1. The predicted molar refractivity (Wildman–Crippen MR) is 101 cm³/mol. The van der Waals surface area contributed by atoms with Crippen LogP contribution in [0.25, 0.3) is 0 Å². The van der Waals surface area contributed by atoms with Gasteiger partial charge in [0.05, 0.1) is 17.6 Å². The lowest BCUT2D eigenvalue weighted by Crippen LogP contribution is -2.33. The Balaban J connectivity index is 1.98. The van der Waals surface area contributed by atoms with E-state index in [1.54, 1.807) is 12.1 Å². The number of anilines is 2. The van der Waals surface area contributed by atoms with E-state index in [9.17, 15) is 17.6 Å². The fraction of sp³-hybridized carbons (Fsp3) is 0.316. The van der Waals surface area contributed by atoms with E-state index in [0.29, 0.717) is 5.56 Å². The highest BCUT2D eigenvalue weighted by molar-refractivity contribution is 7.92. The third-order valence-corrected chi connectivity index (χ3v) is 5.66. The standard InChI is InChI=1S/C19H21FN2O3S/c1-12-4-5-14(10-13(12)2)19(23)21-17-11-15(20)6-9-18(17)22(16-7-8-16)26(3,24)25/h4-6,9-11,16H,7-8H2,1-3H3,(H,21,23). The maximum absolute atomic E-state index is 13.8. The number of amides is 1. The number of carbonyl (C=O) groups is 1. The SMILES string of the molecule is Cc1ccc(C(=O)Nc2cc(F)ccc2N(C2CC2)S(C)(=O)=O)cc1C. The number of halogens is 1.